The second kappa shape index (κ2) is 6.67. The molecule has 3 aromatic rings. The molecule has 0 bridgehead atoms. The fraction of sp³-hybridized carbons (Fsp3) is 0.0588. The zero-order chi connectivity index (χ0) is 14.5. The summed E-state index contributed by atoms with van der Waals surface area (Å²) in [5.74, 6) is 2.58. The van der Waals surface area contributed by atoms with Gasteiger partial charge in [0.05, 0.1) is 6.54 Å². The van der Waals surface area contributed by atoms with Gasteiger partial charge in [-0.1, -0.05) is 18.2 Å². The molecule has 0 aliphatic carbocycles. The number of nitrogens with one attached hydrogen (secondary N) is 1. The minimum absolute atomic E-state index is 0.669. The molecule has 3 rings (SSSR count). The Morgan fingerprint density at radius 3 is 2.24 bits per heavy atom. The molecule has 0 fully saturated rings. The van der Waals surface area contributed by atoms with Crippen molar-refractivity contribution in [3.8, 4) is 11.5 Å². The number of ether oxygens (including phenoxy) is 1. The molecule has 0 aliphatic rings. The van der Waals surface area contributed by atoms with Gasteiger partial charge in [0, 0.05) is 5.69 Å². The van der Waals surface area contributed by atoms with Gasteiger partial charge in [-0.25, -0.2) is 0 Å². The molecule has 0 amide bonds. The number of para-hydroxylation sites is 1. The molecule has 21 heavy (non-hydrogen) atoms. The average molecular weight is 391 g/mol. The predicted molar refractivity (Wildman–Crippen MR) is 91.7 cm³/mol. The maximum atomic E-state index is 5.75. The van der Waals surface area contributed by atoms with Crippen LogP contribution < -0.4 is 10.1 Å². The summed E-state index contributed by atoms with van der Waals surface area (Å²) >= 11 is 2.16. The third kappa shape index (κ3) is 4.01. The predicted octanol–water partition coefficient (Wildman–Crippen LogP) is 5.29. The Hall–Kier alpha value is -1.95. The van der Waals surface area contributed by atoms with Crippen molar-refractivity contribution in [3.05, 3.63) is 76.3 Å². The standard InChI is InChI=1S/C17H14INO2/c18-17-11-10-16(21-17)12-19-13-6-8-15(9-7-13)20-14-4-2-1-3-5-14/h1-11,19H,12H2. The first-order chi connectivity index (χ1) is 10.3. The zero-order valence-electron chi connectivity index (χ0n) is 11.3. The van der Waals surface area contributed by atoms with E-state index >= 15 is 0 Å². The van der Waals surface area contributed by atoms with Crippen LogP contribution in [0, 0.1) is 3.77 Å². The van der Waals surface area contributed by atoms with Crippen molar-refractivity contribution >= 4 is 28.3 Å². The van der Waals surface area contributed by atoms with Crippen LogP contribution in [0.25, 0.3) is 0 Å². The molecule has 106 valence electrons. The van der Waals surface area contributed by atoms with Gasteiger partial charge in [0.15, 0.2) is 3.77 Å². The van der Waals surface area contributed by atoms with Crippen molar-refractivity contribution in [2.24, 2.45) is 0 Å². The number of rotatable bonds is 5. The van der Waals surface area contributed by atoms with Gasteiger partial charge in [-0.15, -0.1) is 0 Å². The lowest BCUT2D eigenvalue weighted by molar-refractivity contribution is 0.482. The highest BCUT2D eigenvalue weighted by Crippen LogP contribution is 2.23. The molecule has 0 radical (unpaired) electrons. The van der Waals surface area contributed by atoms with Crippen molar-refractivity contribution in [1.82, 2.24) is 0 Å². The third-order valence-corrected chi connectivity index (χ3v) is 3.51. The summed E-state index contributed by atoms with van der Waals surface area (Å²) < 4.78 is 12.2. The number of furan rings is 1. The van der Waals surface area contributed by atoms with Crippen LogP contribution >= 0.6 is 22.6 Å². The molecule has 1 aromatic heterocycles. The van der Waals surface area contributed by atoms with Crippen LogP contribution in [0.1, 0.15) is 5.76 Å². The van der Waals surface area contributed by atoms with Gasteiger partial charge in [0.1, 0.15) is 17.3 Å². The van der Waals surface area contributed by atoms with E-state index in [0.29, 0.717) is 6.54 Å². The van der Waals surface area contributed by atoms with Gasteiger partial charge >= 0.3 is 0 Å². The summed E-state index contributed by atoms with van der Waals surface area (Å²) in [6.45, 7) is 0.669. The second-order valence-corrected chi connectivity index (χ2v) is 5.56. The first-order valence-corrected chi connectivity index (χ1v) is 7.68. The zero-order valence-corrected chi connectivity index (χ0v) is 13.4. The molecule has 3 nitrogen and oxygen atoms in total. The summed E-state index contributed by atoms with van der Waals surface area (Å²) in [7, 11) is 0. The third-order valence-electron chi connectivity index (χ3n) is 2.93. The van der Waals surface area contributed by atoms with Crippen molar-refractivity contribution in [2.75, 3.05) is 5.32 Å². The second-order valence-electron chi connectivity index (χ2n) is 4.50. The van der Waals surface area contributed by atoms with Crippen molar-refractivity contribution < 1.29 is 9.15 Å². The molecule has 1 N–H and O–H groups in total. The summed E-state index contributed by atoms with van der Waals surface area (Å²) in [4.78, 5) is 0. The number of hydrogen-bond donors (Lipinski definition) is 1. The summed E-state index contributed by atoms with van der Waals surface area (Å²) in [5, 5.41) is 3.31. The maximum absolute atomic E-state index is 5.75. The smallest absolute Gasteiger partial charge is 0.164 e. The minimum Gasteiger partial charge on any atom is -0.457 e. The SMILES string of the molecule is Ic1ccc(CNc2ccc(Oc3ccccc3)cc2)o1. The Labute approximate surface area is 137 Å². The van der Waals surface area contributed by atoms with E-state index in [1.165, 1.54) is 0 Å². The van der Waals surface area contributed by atoms with E-state index in [2.05, 4.69) is 27.9 Å². The molecule has 0 unspecified atom stereocenters. The van der Waals surface area contributed by atoms with E-state index in [0.717, 1.165) is 26.7 Å². The largest absolute Gasteiger partial charge is 0.457 e. The fourth-order valence-corrected chi connectivity index (χ4v) is 2.36. The molecular weight excluding hydrogens is 377 g/mol. The van der Waals surface area contributed by atoms with E-state index in [4.69, 9.17) is 9.15 Å². The first-order valence-electron chi connectivity index (χ1n) is 6.61. The molecule has 2 aromatic carbocycles. The molecule has 0 spiro atoms. The Balaban J connectivity index is 1.59. The van der Waals surface area contributed by atoms with Crippen LogP contribution in [0.15, 0.2) is 71.1 Å². The van der Waals surface area contributed by atoms with Gasteiger partial charge in [-0.2, -0.15) is 0 Å². The lowest BCUT2D eigenvalue weighted by Crippen LogP contribution is -1.97. The van der Waals surface area contributed by atoms with Crippen LogP contribution in [0.2, 0.25) is 0 Å². The molecule has 0 saturated heterocycles. The number of benzene rings is 2. The van der Waals surface area contributed by atoms with E-state index in [1.54, 1.807) is 0 Å². The van der Waals surface area contributed by atoms with E-state index < -0.39 is 0 Å². The van der Waals surface area contributed by atoms with Crippen LogP contribution in [0.4, 0.5) is 5.69 Å². The summed E-state index contributed by atoms with van der Waals surface area (Å²) in [5.41, 5.74) is 1.03. The van der Waals surface area contributed by atoms with Crippen molar-refractivity contribution in [1.29, 1.82) is 0 Å². The monoisotopic (exact) mass is 391 g/mol. The maximum Gasteiger partial charge on any atom is 0.164 e. The Kier molecular flexibility index (Phi) is 4.45. The normalized spacial score (nSPS) is 10.3. The van der Waals surface area contributed by atoms with Crippen LogP contribution in [-0.4, -0.2) is 0 Å². The molecule has 0 aliphatic heterocycles. The highest BCUT2D eigenvalue weighted by atomic mass is 127. The minimum atomic E-state index is 0.669. The van der Waals surface area contributed by atoms with Gasteiger partial charge in [0.25, 0.3) is 0 Å². The molecular formula is C17H14INO2. The van der Waals surface area contributed by atoms with Gasteiger partial charge < -0.3 is 14.5 Å². The highest BCUT2D eigenvalue weighted by Gasteiger charge is 2.00. The average Bonchev–Trinajstić information content (AvgIpc) is 2.93. The van der Waals surface area contributed by atoms with E-state index in [9.17, 15) is 0 Å². The quantitative estimate of drug-likeness (QED) is 0.601. The molecule has 0 atom stereocenters. The molecule has 4 heteroatoms. The summed E-state index contributed by atoms with van der Waals surface area (Å²) in [6.07, 6.45) is 0. The van der Waals surface area contributed by atoms with Gasteiger partial charge in [-0.05, 0) is 71.1 Å². The Morgan fingerprint density at radius 1 is 0.857 bits per heavy atom. The lowest BCUT2D eigenvalue weighted by atomic mass is 10.3. The number of hydrogen-bond acceptors (Lipinski definition) is 3. The molecule has 0 saturated carbocycles. The Bertz CT molecular complexity index is 692. The molecule has 1 heterocycles. The van der Waals surface area contributed by atoms with Crippen molar-refractivity contribution in [2.45, 2.75) is 6.54 Å². The Morgan fingerprint density at radius 2 is 1.57 bits per heavy atom. The number of anilines is 1. The van der Waals surface area contributed by atoms with E-state index in [1.807, 2.05) is 66.7 Å². The lowest BCUT2D eigenvalue weighted by Gasteiger charge is -2.08. The summed E-state index contributed by atoms with van der Waals surface area (Å²) in [6, 6.07) is 21.5. The highest BCUT2D eigenvalue weighted by molar-refractivity contribution is 14.1. The van der Waals surface area contributed by atoms with Crippen LogP contribution in [0.5, 0.6) is 11.5 Å². The topological polar surface area (TPSA) is 34.4 Å². The van der Waals surface area contributed by atoms with Crippen LogP contribution in [-0.2, 0) is 6.54 Å². The first kappa shape index (κ1) is 14.0. The van der Waals surface area contributed by atoms with Gasteiger partial charge in [-0.3, -0.25) is 0 Å². The van der Waals surface area contributed by atoms with Crippen molar-refractivity contribution in [3.63, 3.8) is 0 Å². The van der Waals surface area contributed by atoms with E-state index in [-0.39, 0.29) is 0 Å². The van der Waals surface area contributed by atoms with Gasteiger partial charge in [0.2, 0.25) is 0 Å². The number of halogens is 1. The fourth-order valence-electron chi connectivity index (χ4n) is 1.90. The van der Waals surface area contributed by atoms with Crippen LogP contribution in [0.3, 0.4) is 0 Å².